The highest BCUT2D eigenvalue weighted by Gasteiger charge is 2.06. The first-order chi connectivity index (χ1) is 7.80. The Hall–Kier alpha value is -1.36. The molecule has 1 unspecified atom stereocenters. The van der Waals surface area contributed by atoms with E-state index in [4.69, 9.17) is 5.11 Å². The van der Waals surface area contributed by atoms with Gasteiger partial charge < -0.3 is 15.7 Å². The molecule has 90 valence electrons. The number of aromatic nitrogens is 2. The third-order valence-corrected chi connectivity index (χ3v) is 2.35. The first kappa shape index (κ1) is 12.7. The van der Waals surface area contributed by atoms with Crippen LogP contribution in [0.1, 0.15) is 26.7 Å². The van der Waals surface area contributed by atoms with E-state index < -0.39 is 0 Å². The Morgan fingerprint density at radius 1 is 1.31 bits per heavy atom. The third-order valence-electron chi connectivity index (χ3n) is 2.35. The van der Waals surface area contributed by atoms with E-state index in [1.165, 1.54) is 6.33 Å². The molecule has 5 heteroatoms. The number of anilines is 2. The molecular weight excluding hydrogens is 204 g/mol. The zero-order valence-electron chi connectivity index (χ0n) is 9.90. The second-order valence-corrected chi connectivity index (χ2v) is 3.58. The topological polar surface area (TPSA) is 70.1 Å². The molecule has 0 aromatic carbocycles. The van der Waals surface area contributed by atoms with E-state index in [1.54, 1.807) is 0 Å². The van der Waals surface area contributed by atoms with Crippen molar-refractivity contribution < 1.29 is 5.11 Å². The molecule has 0 radical (unpaired) electrons. The molecule has 5 nitrogen and oxygen atoms in total. The summed E-state index contributed by atoms with van der Waals surface area (Å²) in [6.45, 7) is 5.14. The van der Waals surface area contributed by atoms with Gasteiger partial charge in [0, 0.05) is 25.3 Å². The van der Waals surface area contributed by atoms with Crippen molar-refractivity contribution in [2.75, 3.05) is 23.8 Å². The van der Waals surface area contributed by atoms with Gasteiger partial charge in [-0.2, -0.15) is 0 Å². The van der Waals surface area contributed by atoms with E-state index >= 15 is 0 Å². The lowest BCUT2D eigenvalue weighted by molar-refractivity contribution is 0.278. The van der Waals surface area contributed by atoms with Crippen molar-refractivity contribution in [3.05, 3.63) is 12.4 Å². The maximum Gasteiger partial charge on any atom is 0.131 e. The van der Waals surface area contributed by atoms with Gasteiger partial charge in [-0.1, -0.05) is 6.92 Å². The first-order valence-corrected chi connectivity index (χ1v) is 5.73. The normalized spacial score (nSPS) is 12.2. The maximum atomic E-state index is 8.90. The summed E-state index contributed by atoms with van der Waals surface area (Å²) < 4.78 is 0. The van der Waals surface area contributed by atoms with Crippen molar-refractivity contribution >= 4 is 11.6 Å². The predicted molar refractivity (Wildman–Crippen MR) is 65.6 cm³/mol. The average Bonchev–Trinajstić information content (AvgIpc) is 2.29. The minimum atomic E-state index is 0.191. The zero-order chi connectivity index (χ0) is 11.8. The Balaban J connectivity index is 2.60. The maximum absolute atomic E-state index is 8.90. The first-order valence-electron chi connectivity index (χ1n) is 5.73. The number of hydrogen-bond acceptors (Lipinski definition) is 5. The highest BCUT2D eigenvalue weighted by atomic mass is 16.3. The molecule has 3 N–H and O–H groups in total. The van der Waals surface area contributed by atoms with Gasteiger partial charge in [0.05, 0.1) is 0 Å². The van der Waals surface area contributed by atoms with Crippen LogP contribution in [0.25, 0.3) is 0 Å². The molecule has 1 rings (SSSR count). The number of hydrogen-bond donors (Lipinski definition) is 3. The van der Waals surface area contributed by atoms with Crippen LogP contribution in [-0.4, -0.2) is 34.3 Å². The van der Waals surface area contributed by atoms with Crippen LogP contribution >= 0.6 is 0 Å². The molecule has 16 heavy (non-hydrogen) atoms. The van der Waals surface area contributed by atoms with E-state index in [1.807, 2.05) is 13.0 Å². The largest absolute Gasteiger partial charge is 0.396 e. The number of aliphatic hydroxyl groups excluding tert-OH is 1. The molecule has 0 aliphatic rings. The zero-order valence-corrected chi connectivity index (χ0v) is 9.90. The molecule has 1 aromatic rings. The van der Waals surface area contributed by atoms with Crippen LogP contribution in [0, 0.1) is 0 Å². The van der Waals surface area contributed by atoms with Crippen molar-refractivity contribution in [1.29, 1.82) is 0 Å². The molecular formula is C11H20N4O. The average molecular weight is 224 g/mol. The molecule has 0 amide bonds. The van der Waals surface area contributed by atoms with Crippen LogP contribution in [0.3, 0.4) is 0 Å². The second-order valence-electron chi connectivity index (χ2n) is 3.58. The summed E-state index contributed by atoms with van der Waals surface area (Å²) in [4.78, 5) is 8.24. The number of nitrogens with one attached hydrogen (secondary N) is 2. The molecule has 1 heterocycles. The van der Waals surface area contributed by atoms with E-state index in [9.17, 15) is 0 Å². The highest BCUT2D eigenvalue weighted by molar-refractivity contribution is 5.46. The van der Waals surface area contributed by atoms with Crippen LogP contribution in [0.15, 0.2) is 12.4 Å². The molecule has 0 spiro atoms. The Labute approximate surface area is 96.3 Å². The summed E-state index contributed by atoms with van der Waals surface area (Å²) in [5.41, 5.74) is 0. The van der Waals surface area contributed by atoms with Gasteiger partial charge in [-0.15, -0.1) is 0 Å². The predicted octanol–water partition coefficient (Wildman–Crippen LogP) is 1.48. The summed E-state index contributed by atoms with van der Waals surface area (Å²) >= 11 is 0. The van der Waals surface area contributed by atoms with Crippen LogP contribution in [0.2, 0.25) is 0 Å². The lowest BCUT2D eigenvalue weighted by atomic mass is 10.1. The summed E-state index contributed by atoms with van der Waals surface area (Å²) in [5.74, 6) is 1.62. The van der Waals surface area contributed by atoms with Gasteiger partial charge in [0.25, 0.3) is 0 Å². The molecule has 1 atom stereocenters. The summed E-state index contributed by atoms with van der Waals surface area (Å²) in [5, 5.41) is 15.3. The molecule has 1 aromatic heterocycles. The Bertz CT molecular complexity index is 306. The monoisotopic (exact) mass is 224 g/mol. The van der Waals surface area contributed by atoms with Crippen molar-refractivity contribution in [3.8, 4) is 0 Å². The Morgan fingerprint density at radius 2 is 2.06 bits per heavy atom. The van der Waals surface area contributed by atoms with Crippen molar-refractivity contribution in [1.82, 2.24) is 9.97 Å². The quantitative estimate of drug-likeness (QED) is 0.654. The van der Waals surface area contributed by atoms with E-state index in [2.05, 4.69) is 27.5 Å². The van der Waals surface area contributed by atoms with Crippen molar-refractivity contribution in [2.45, 2.75) is 32.7 Å². The number of aliphatic hydroxyl groups is 1. The summed E-state index contributed by atoms with van der Waals surface area (Å²) in [6.07, 6.45) is 3.23. The SMILES string of the molecule is CCNc1cc(NC(CC)CCO)ncn1. The van der Waals surface area contributed by atoms with Gasteiger partial charge in [0.2, 0.25) is 0 Å². The molecule has 0 aliphatic heterocycles. The Morgan fingerprint density at radius 3 is 2.69 bits per heavy atom. The van der Waals surface area contributed by atoms with Crippen LogP contribution in [-0.2, 0) is 0 Å². The van der Waals surface area contributed by atoms with E-state index in [0.29, 0.717) is 0 Å². The lowest BCUT2D eigenvalue weighted by Gasteiger charge is -2.16. The minimum Gasteiger partial charge on any atom is -0.396 e. The second kappa shape index (κ2) is 7.00. The molecule has 0 bridgehead atoms. The van der Waals surface area contributed by atoms with Crippen LogP contribution in [0.4, 0.5) is 11.6 Å². The van der Waals surface area contributed by atoms with Crippen LogP contribution in [0.5, 0.6) is 0 Å². The lowest BCUT2D eigenvalue weighted by Crippen LogP contribution is -2.20. The van der Waals surface area contributed by atoms with Crippen molar-refractivity contribution in [2.24, 2.45) is 0 Å². The molecule has 0 fully saturated rings. The van der Waals surface area contributed by atoms with Gasteiger partial charge in [-0.3, -0.25) is 0 Å². The van der Waals surface area contributed by atoms with Crippen molar-refractivity contribution in [3.63, 3.8) is 0 Å². The number of rotatable bonds is 7. The standard InChI is InChI=1S/C11H20N4O/c1-3-9(5-6-16)15-11-7-10(12-4-2)13-8-14-11/h7-9,16H,3-6H2,1-2H3,(H2,12,13,14,15). The smallest absolute Gasteiger partial charge is 0.131 e. The minimum absolute atomic E-state index is 0.191. The fraction of sp³-hybridized carbons (Fsp3) is 0.636. The molecule has 0 saturated heterocycles. The fourth-order valence-corrected chi connectivity index (χ4v) is 1.46. The summed E-state index contributed by atoms with van der Waals surface area (Å²) in [7, 11) is 0. The molecule has 0 aliphatic carbocycles. The van der Waals surface area contributed by atoms with Gasteiger partial charge in [0.15, 0.2) is 0 Å². The Kier molecular flexibility index (Phi) is 5.56. The van der Waals surface area contributed by atoms with Crippen LogP contribution < -0.4 is 10.6 Å². The summed E-state index contributed by atoms with van der Waals surface area (Å²) in [6, 6.07) is 2.14. The highest BCUT2D eigenvalue weighted by Crippen LogP contribution is 2.11. The van der Waals surface area contributed by atoms with E-state index in [-0.39, 0.29) is 12.6 Å². The fourth-order valence-electron chi connectivity index (χ4n) is 1.46. The molecule has 0 saturated carbocycles. The third kappa shape index (κ3) is 4.02. The van der Waals surface area contributed by atoms with Gasteiger partial charge in [0.1, 0.15) is 18.0 Å². The van der Waals surface area contributed by atoms with Gasteiger partial charge in [-0.25, -0.2) is 9.97 Å². The van der Waals surface area contributed by atoms with Gasteiger partial charge >= 0.3 is 0 Å². The number of nitrogens with zero attached hydrogens (tertiary/aromatic N) is 2. The van der Waals surface area contributed by atoms with Gasteiger partial charge in [-0.05, 0) is 19.8 Å². The van der Waals surface area contributed by atoms with E-state index in [0.717, 1.165) is 31.0 Å².